The van der Waals surface area contributed by atoms with Gasteiger partial charge in [0, 0.05) is 46.8 Å². The molecule has 0 aliphatic carbocycles. The van der Waals surface area contributed by atoms with Crippen molar-refractivity contribution in [2.45, 2.75) is 38.9 Å². The van der Waals surface area contributed by atoms with Crippen molar-refractivity contribution < 1.29 is 39.1 Å². The van der Waals surface area contributed by atoms with Crippen molar-refractivity contribution >= 4 is 11.8 Å². The molecular formula is C30H27N3O8. The topological polar surface area (TPSA) is 161 Å². The summed E-state index contributed by atoms with van der Waals surface area (Å²) in [6.07, 6.45) is 3.37. The van der Waals surface area contributed by atoms with E-state index in [0.29, 0.717) is 28.1 Å². The van der Waals surface area contributed by atoms with E-state index in [1.807, 2.05) is 0 Å². The molecule has 0 radical (unpaired) electrons. The van der Waals surface area contributed by atoms with Crippen molar-refractivity contribution in [2.24, 2.45) is 0 Å². The summed E-state index contributed by atoms with van der Waals surface area (Å²) in [6, 6.07) is 9.72. The molecule has 0 spiro atoms. The van der Waals surface area contributed by atoms with Crippen molar-refractivity contribution in [3.05, 3.63) is 94.1 Å². The van der Waals surface area contributed by atoms with Gasteiger partial charge in [0.2, 0.25) is 0 Å². The van der Waals surface area contributed by atoms with Crippen LogP contribution in [0.3, 0.4) is 0 Å². The number of hydrogen-bond donors (Lipinski definition) is 3. The first kappa shape index (κ1) is 27.5. The zero-order valence-electron chi connectivity index (χ0n) is 22.5. The lowest BCUT2D eigenvalue weighted by atomic mass is 9.83. The van der Waals surface area contributed by atoms with E-state index in [0.717, 1.165) is 0 Å². The van der Waals surface area contributed by atoms with Gasteiger partial charge in [-0.05, 0) is 43.7 Å². The number of Topliss-reactive ketones (excluding diaryl/α,β-unsaturated/α-hetero) is 1. The van der Waals surface area contributed by atoms with E-state index >= 15 is 0 Å². The fourth-order valence-electron chi connectivity index (χ4n) is 4.94. The molecule has 1 aliphatic heterocycles. The minimum Gasteiger partial charge on any atom is -0.507 e. The molecule has 0 saturated carbocycles. The minimum absolute atomic E-state index is 0.0754. The summed E-state index contributed by atoms with van der Waals surface area (Å²) in [4.78, 5) is 37.6. The van der Waals surface area contributed by atoms with Crippen LogP contribution in [0.25, 0.3) is 0 Å². The van der Waals surface area contributed by atoms with E-state index < -0.39 is 35.3 Å². The van der Waals surface area contributed by atoms with Gasteiger partial charge in [0.1, 0.15) is 29.1 Å². The average molecular weight is 558 g/mol. The molecule has 0 saturated heterocycles. The molecule has 0 fully saturated rings. The van der Waals surface area contributed by atoms with Crippen LogP contribution in [0.15, 0.2) is 55.0 Å². The van der Waals surface area contributed by atoms with E-state index in [1.165, 1.54) is 32.5 Å². The maximum absolute atomic E-state index is 12.7. The number of benzene rings is 2. The van der Waals surface area contributed by atoms with Gasteiger partial charge in [-0.2, -0.15) is 0 Å². The number of carbonyl (C=O) groups is 2. The van der Waals surface area contributed by atoms with Crippen LogP contribution in [0.2, 0.25) is 0 Å². The van der Waals surface area contributed by atoms with E-state index in [4.69, 9.17) is 14.2 Å². The van der Waals surface area contributed by atoms with Crippen molar-refractivity contribution in [3.8, 4) is 29.0 Å². The van der Waals surface area contributed by atoms with Gasteiger partial charge in [0.15, 0.2) is 5.78 Å². The number of aromatic nitrogens is 3. The third-order valence-corrected chi connectivity index (χ3v) is 6.98. The molecule has 5 rings (SSSR count). The van der Waals surface area contributed by atoms with Crippen LogP contribution in [0.1, 0.15) is 69.2 Å². The van der Waals surface area contributed by atoms with Crippen LogP contribution in [-0.2, 0) is 20.9 Å². The summed E-state index contributed by atoms with van der Waals surface area (Å²) >= 11 is 0. The first-order valence-corrected chi connectivity index (χ1v) is 12.7. The zero-order valence-corrected chi connectivity index (χ0v) is 22.5. The Kier molecular flexibility index (Phi) is 7.54. The van der Waals surface area contributed by atoms with Gasteiger partial charge in [-0.15, -0.1) is 0 Å². The highest BCUT2D eigenvalue weighted by atomic mass is 16.5. The molecule has 0 unspecified atom stereocenters. The van der Waals surface area contributed by atoms with Gasteiger partial charge >= 0.3 is 12.0 Å². The van der Waals surface area contributed by atoms with Crippen molar-refractivity contribution in [1.82, 2.24) is 15.0 Å². The largest absolute Gasteiger partial charge is 0.507 e. The first-order chi connectivity index (χ1) is 19.7. The Bertz CT molecular complexity index is 1640. The van der Waals surface area contributed by atoms with Crippen LogP contribution < -0.4 is 4.74 Å². The number of ether oxygens (including phenoxy) is 3. The second-order valence-electron chi connectivity index (χ2n) is 9.54. The van der Waals surface area contributed by atoms with E-state index in [9.17, 15) is 24.9 Å². The highest BCUT2D eigenvalue weighted by molar-refractivity contribution is 5.98. The lowest BCUT2D eigenvalue weighted by Gasteiger charge is -2.25. The van der Waals surface area contributed by atoms with Gasteiger partial charge in [0.25, 0.3) is 0 Å². The number of hydrogen-bond acceptors (Lipinski definition) is 11. The third-order valence-electron chi connectivity index (χ3n) is 6.98. The molecule has 4 aromatic rings. The SMILES string of the molecule is COC(=O)C[C@H](c1cccc(Oc2ncccn2)c1)c1c(O)c(C(C)=O)cc([C@@H]2OCc3cnc(C)c(O)c32)c1O. The number of rotatable bonds is 8. The van der Waals surface area contributed by atoms with Crippen LogP contribution in [-0.4, -0.2) is 49.1 Å². The highest BCUT2D eigenvalue weighted by Crippen LogP contribution is 2.50. The maximum atomic E-state index is 12.7. The van der Waals surface area contributed by atoms with E-state index in [-0.39, 0.29) is 41.5 Å². The molecule has 0 amide bonds. The summed E-state index contributed by atoms with van der Waals surface area (Å²) < 4.78 is 16.6. The standard InChI is InChI=1S/C30H27N3O8/c1-15-26(36)24-18(13-33-15)14-40-29(24)22-11-20(16(2)34)27(37)25(28(22)38)21(12-23(35)39-3)17-6-4-7-19(10-17)41-30-31-8-5-9-32-30/h4-11,13,21,29,36-38H,12,14H2,1-3H3/t21-,29+/m1/s1. The predicted octanol–water partition coefficient (Wildman–Crippen LogP) is 4.61. The van der Waals surface area contributed by atoms with Crippen molar-refractivity contribution in [2.75, 3.05) is 7.11 Å². The number of carbonyl (C=O) groups excluding carboxylic acids is 2. The Hall–Kier alpha value is -5.03. The molecule has 2 aromatic carbocycles. The van der Waals surface area contributed by atoms with Crippen LogP contribution >= 0.6 is 0 Å². The van der Waals surface area contributed by atoms with Crippen molar-refractivity contribution in [3.63, 3.8) is 0 Å². The Labute approximate surface area is 235 Å². The summed E-state index contributed by atoms with van der Waals surface area (Å²) in [5, 5.41) is 33.8. The third kappa shape index (κ3) is 5.27. The number of aromatic hydroxyl groups is 3. The summed E-state index contributed by atoms with van der Waals surface area (Å²) in [7, 11) is 1.23. The normalized spacial score (nSPS) is 14.8. The number of pyridine rings is 1. The van der Waals surface area contributed by atoms with Gasteiger partial charge < -0.3 is 29.5 Å². The molecule has 2 aromatic heterocycles. The Morgan fingerprint density at radius 2 is 1.80 bits per heavy atom. The van der Waals surface area contributed by atoms with Gasteiger partial charge in [-0.1, -0.05) is 12.1 Å². The summed E-state index contributed by atoms with van der Waals surface area (Å²) in [6.45, 7) is 3.02. The maximum Gasteiger partial charge on any atom is 0.321 e. The number of nitrogens with zero attached hydrogens (tertiary/aromatic N) is 3. The molecule has 2 atom stereocenters. The van der Waals surface area contributed by atoms with Gasteiger partial charge in [-0.3, -0.25) is 14.6 Å². The molecule has 11 heteroatoms. The monoisotopic (exact) mass is 557 g/mol. The predicted molar refractivity (Wildman–Crippen MR) is 144 cm³/mol. The molecule has 0 bridgehead atoms. The lowest BCUT2D eigenvalue weighted by Crippen LogP contribution is -2.13. The summed E-state index contributed by atoms with van der Waals surface area (Å²) in [5.74, 6) is -2.72. The number of esters is 1. The zero-order chi connectivity index (χ0) is 29.3. The fraction of sp³-hybridized carbons (Fsp3) is 0.233. The molecule has 1 aliphatic rings. The van der Waals surface area contributed by atoms with Crippen LogP contribution in [0.4, 0.5) is 0 Å². The Balaban J connectivity index is 1.69. The molecule has 210 valence electrons. The smallest absolute Gasteiger partial charge is 0.321 e. The number of phenolic OH excluding ortho intramolecular Hbond substituents is 2. The van der Waals surface area contributed by atoms with Crippen molar-refractivity contribution in [1.29, 1.82) is 0 Å². The second kappa shape index (κ2) is 11.2. The molecule has 11 nitrogen and oxygen atoms in total. The number of fused-ring (bicyclic) bond motifs is 1. The number of phenols is 2. The minimum atomic E-state index is -0.977. The molecule has 3 N–H and O–H groups in total. The molecular weight excluding hydrogens is 530 g/mol. The first-order valence-electron chi connectivity index (χ1n) is 12.7. The highest BCUT2D eigenvalue weighted by Gasteiger charge is 2.36. The molecule has 41 heavy (non-hydrogen) atoms. The van der Waals surface area contributed by atoms with Crippen LogP contribution in [0.5, 0.6) is 29.0 Å². The van der Waals surface area contributed by atoms with E-state index in [2.05, 4.69) is 15.0 Å². The number of methoxy groups -OCH3 is 1. The summed E-state index contributed by atoms with van der Waals surface area (Å²) in [5.41, 5.74) is 1.84. The fourth-order valence-corrected chi connectivity index (χ4v) is 4.94. The number of ketones is 1. The Morgan fingerprint density at radius 3 is 2.51 bits per heavy atom. The average Bonchev–Trinajstić information content (AvgIpc) is 3.39. The number of aryl methyl sites for hydroxylation is 1. The quantitative estimate of drug-likeness (QED) is 0.205. The molecule has 3 heterocycles. The second-order valence-corrected chi connectivity index (χ2v) is 9.54. The lowest BCUT2D eigenvalue weighted by molar-refractivity contribution is -0.140. The van der Waals surface area contributed by atoms with Gasteiger partial charge in [-0.25, -0.2) is 9.97 Å². The van der Waals surface area contributed by atoms with Crippen LogP contribution in [0, 0.1) is 6.92 Å². The van der Waals surface area contributed by atoms with Gasteiger partial charge in [0.05, 0.1) is 31.4 Å². The van der Waals surface area contributed by atoms with E-state index in [1.54, 1.807) is 43.5 Å². The Morgan fingerprint density at radius 1 is 1.05 bits per heavy atom.